The number of halogens is 1. The fourth-order valence-corrected chi connectivity index (χ4v) is 3.46. The van der Waals surface area contributed by atoms with Crippen molar-refractivity contribution in [2.45, 2.75) is 38.8 Å². The molecular formula is C20H23ClN2O. The molecule has 0 saturated carbocycles. The Balaban J connectivity index is 1.75. The van der Waals surface area contributed by atoms with Crippen molar-refractivity contribution in [3.63, 3.8) is 0 Å². The van der Waals surface area contributed by atoms with Gasteiger partial charge in [0.15, 0.2) is 0 Å². The number of amides is 1. The molecule has 1 fully saturated rings. The number of nitrogens with one attached hydrogen (secondary N) is 1. The van der Waals surface area contributed by atoms with Gasteiger partial charge in [-0.25, -0.2) is 0 Å². The molecule has 4 heteroatoms. The maximum atomic E-state index is 12.7. The molecule has 0 aliphatic carbocycles. The minimum Gasteiger partial charge on any atom is -0.325 e. The highest BCUT2D eigenvalue weighted by Gasteiger charge is 2.32. The molecule has 0 unspecified atom stereocenters. The van der Waals surface area contributed by atoms with Gasteiger partial charge < -0.3 is 5.32 Å². The summed E-state index contributed by atoms with van der Waals surface area (Å²) in [4.78, 5) is 14.9. The van der Waals surface area contributed by atoms with Crippen LogP contribution in [0.2, 0.25) is 5.02 Å². The molecular weight excluding hydrogens is 320 g/mol. The number of likely N-dealkylation sites (tertiary alicyclic amines) is 1. The van der Waals surface area contributed by atoms with Crippen molar-refractivity contribution in [2.75, 3.05) is 11.9 Å². The summed E-state index contributed by atoms with van der Waals surface area (Å²) < 4.78 is 0. The second-order valence-electron chi connectivity index (χ2n) is 6.57. The van der Waals surface area contributed by atoms with Gasteiger partial charge in [0.05, 0.1) is 6.04 Å². The first-order valence-corrected chi connectivity index (χ1v) is 8.85. The summed E-state index contributed by atoms with van der Waals surface area (Å²) in [6, 6.07) is 16.0. The lowest BCUT2D eigenvalue weighted by Gasteiger charge is -2.27. The van der Waals surface area contributed by atoms with Crippen LogP contribution in [0.25, 0.3) is 11.1 Å². The summed E-state index contributed by atoms with van der Waals surface area (Å²) in [5, 5.41) is 3.80. The highest BCUT2D eigenvalue weighted by Crippen LogP contribution is 2.26. The topological polar surface area (TPSA) is 32.3 Å². The van der Waals surface area contributed by atoms with E-state index in [0.717, 1.165) is 41.2 Å². The van der Waals surface area contributed by atoms with Gasteiger partial charge in [-0.15, -0.1) is 0 Å². The van der Waals surface area contributed by atoms with Gasteiger partial charge in [-0.05, 0) is 68.6 Å². The third kappa shape index (κ3) is 3.80. The second kappa shape index (κ2) is 7.37. The summed E-state index contributed by atoms with van der Waals surface area (Å²) in [6.07, 6.45) is 2.02. The Morgan fingerprint density at radius 1 is 1.17 bits per heavy atom. The predicted molar refractivity (Wildman–Crippen MR) is 100 cm³/mol. The first-order valence-electron chi connectivity index (χ1n) is 8.47. The molecule has 126 valence electrons. The number of rotatable bonds is 4. The average molecular weight is 343 g/mol. The molecule has 0 spiro atoms. The summed E-state index contributed by atoms with van der Waals surface area (Å²) in [5.41, 5.74) is 2.99. The second-order valence-corrected chi connectivity index (χ2v) is 7.00. The van der Waals surface area contributed by atoms with Crippen LogP contribution >= 0.6 is 11.6 Å². The van der Waals surface area contributed by atoms with Gasteiger partial charge in [0.1, 0.15) is 0 Å². The molecule has 3 rings (SSSR count). The fraction of sp³-hybridized carbons (Fsp3) is 0.350. The van der Waals surface area contributed by atoms with Gasteiger partial charge in [-0.2, -0.15) is 0 Å². The number of carbonyl (C=O) groups is 1. The molecule has 1 saturated heterocycles. The summed E-state index contributed by atoms with van der Waals surface area (Å²) >= 11 is 5.95. The van der Waals surface area contributed by atoms with Crippen LogP contribution in [0.5, 0.6) is 0 Å². The lowest BCUT2D eigenvalue weighted by atomic mass is 10.1. The summed E-state index contributed by atoms with van der Waals surface area (Å²) in [5.74, 6) is 0.0921. The number of hydrogen-bond donors (Lipinski definition) is 1. The lowest BCUT2D eigenvalue weighted by molar-refractivity contribution is -0.120. The number of carbonyl (C=O) groups excluding carboxylic acids is 1. The van der Waals surface area contributed by atoms with Gasteiger partial charge in [0.2, 0.25) is 5.91 Å². The van der Waals surface area contributed by atoms with Crippen molar-refractivity contribution >= 4 is 23.2 Å². The van der Waals surface area contributed by atoms with E-state index in [9.17, 15) is 4.79 Å². The zero-order valence-electron chi connectivity index (χ0n) is 14.1. The van der Waals surface area contributed by atoms with Crippen molar-refractivity contribution in [3.8, 4) is 11.1 Å². The fourth-order valence-electron chi connectivity index (χ4n) is 3.33. The number of anilines is 1. The molecule has 0 aromatic heterocycles. The van der Waals surface area contributed by atoms with Gasteiger partial charge in [-0.1, -0.05) is 35.9 Å². The average Bonchev–Trinajstić information content (AvgIpc) is 3.06. The van der Waals surface area contributed by atoms with Crippen molar-refractivity contribution in [2.24, 2.45) is 0 Å². The van der Waals surface area contributed by atoms with Gasteiger partial charge in [-0.3, -0.25) is 9.69 Å². The van der Waals surface area contributed by atoms with Crippen LogP contribution in [-0.2, 0) is 4.79 Å². The van der Waals surface area contributed by atoms with Gasteiger partial charge in [0.25, 0.3) is 0 Å². The molecule has 3 nitrogen and oxygen atoms in total. The SMILES string of the molecule is CC(C)N1CCC[C@H]1C(=O)Nc1cccc(-c2ccc(Cl)cc2)c1. The Morgan fingerprint density at radius 2 is 1.92 bits per heavy atom. The Morgan fingerprint density at radius 3 is 2.62 bits per heavy atom. The van der Waals surface area contributed by atoms with E-state index in [0.29, 0.717) is 6.04 Å². The van der Waals surface area contributed by atoms with Crippen LogP contribution in [0.15, 0.2) is 48.5 Å². The first kappa shape index (κ1) is 17.0. The smallest absolute Gasteiger partial charge is 0.241 e. The normalized spacial score (nSPS) is 18.1. The molecule has 1 heterocycles. The van der Waals surface area contributed by atoms with Crippen LogP contribution in [-0.4, -0.2) is 29.4 Å². The van der Waals surface area contributed by atoms with Crippen molar-refractivity contribution in [1.29, 1.82) is 0 Å². The molecule has 0 bridgehead atoms. The first-order chi connectivity index (χ1) is 11.5. The van der Waals surface area contributed by atoms with Crippen molar-refractivity contribution < 1.29 is 4.79 Å². The zero-order chi connectivity index (χ0) is 17.1. The Labute approximate surface area is 148 Å². The Kier molecular flexibility index (Phi) is 5.22. The largest absolute Gasteiger partial charge is 0.325 e. The van der Waals surface area contributed by atoms with E-state index in [-0.39, 0.29) is 11.9 Å². The number of hydrogen-bond acceptors (Lipinski definition) is 2. The summed E-state index contributed by atoms with van der Waals surface area (Å²) in [6.45, 7) is 5.29. The van der Waals surface area contributed by atoms with Crippen LogP contribution < -0.4 is 5.32 Å². The van der Waals surface area contributed by atoms with E-state index in [1.807, 2.05) is 48.5 Å². The van der Waals surface area contributed by atoms with Crippen molar-refractivity contribution in [1.82, 2.24) is 4.90 Å². The Bertz CT molecular complexity index is 712. The minimum atomic E-state index is -0.0239. The minimum absolute atomic E-state index is 0.0239. The molecule has 2 aromatic rings. The predicted octanol–water partition coefficient (Wildman–Crippen LogP) is 4.82. The van der Waals surface area contributed by atoms with Gasteiger partial charge in [0, 0.05) is 16.8 Å². The van der Waals surface area contributed by atoms with Crippen LogP contribution in [0.1, 0.15) is 26.7 Å². The van der Waals surface area contributed by atoms with E-state index >= 15 is 0 Å². The van der Waals surface area contributed by atoms with E-state index < -0.39 is 0 Å². The quantitative estimate of drug-likeness (QED) is 0.864. The highest BCUT2D eigenvalue weighted by atomic mass is 35.5. The van der Waals surface area contributed by atoms with E-state index in [1.54, 1.807) is 0 Å². The monoisotopic (exact) mass is 342 g/mol. The molecule has 24 heavy (non-hydrogen) atoms. The van der Waals surface area contributed by atoms with Crippen molar-refractivity contribution in [3.05, 3.63) is 53.6 Å². The van der Waals surface area contributed by atoms with E-state index in [4.69, 9.17) is 11.6 Å². The Hall–Kier alpha value is -1.84. The maximum Gasteiger partial charge on any atom is 0.241 e. The summed E-state index contributed by atoms with van der Waals surface area (Å²) in [7, 11) is 0. The van der Waals surface area contributed by atoms with E-state index in [1.165, 1.54) is 0 Å². The molecule has 0 radical (unpaired) electrons. The highest BCUT2D eigenvalue weighted by molar-refractivity contribution is 6.30. The third-order valence-electron chi connectivity index (χ3n) is 4.57. The third-order valence-corrected chi connectivity index (χ3v) is 4.82. The number of benzene rings is 2. The van der Waals surface area contributed by atoms with Crippen LogP contribution in [0, 0.1) is 0 Å². The van der Waals surface area contributed by atoms with Crippen LogP contribution in [0.3, 0.4) is 0 Å². The number of nitrogens with zero attached hydrogens (tertiary/aromatic N) is 1. The molecule has 1 aliphatic heterocycles. The van der Waals surface area contributed by atoms with Crippen LogP contribution in [0.4, 0.5) is 5.69 Å². The molecule has 1 amide bonds. The zero-order valence-corrected chi connectivity index (χ0v) is 14.9. The lowest BCUT2D eigenvalue weighted by Crippen LogP contribution is -2.43. The maximum absolute atomic E-state index is 12.7. The molecule has 1 aliphatic rings. The molecule has 1 atom stereocenters. The van der Waals surface area contributed by atoms with Gasteiger partial charge >= 0.3 is 0 Å². The molecule has 1 N–H and O–H groups in total. The van der Waals surface area contributed by atoms with E-state index in [2.05, 4.69) is 24.1 Å². The molecule has 2 aromatic carbocycles. The standard InChI is InChI=1S/C20H23ClN2O/c1-14(2)23-12-4-7-19(23)20(24)22-18-6-3-5-16(13-18)15-8-10-17(21)11-9-15/h3,5-6,8-11,13-14,19H,4,7,12H2,1-2H3,(H,22,24)/t19-/m0/s1.